The first-order valence-electron chi connectivity index (χ1n) is 4.91. The summed E-state index contributed by atoms with van der Waals surface area (Å²) in [5.41, 5.74) is 3.87. The highest BCUT2D eigenvalue weighted by Gasteiger charge is 2.12. The maximum absolute atomic E-state index is 4.68. The lowest BCUT2D eigenvalue weighted by molar-refractivity contribution is 0.901. The molecule has 0 atom stereocenters. The van der Waals surface area contributed by atoms with Crippen LogP contribution in [0.3, 0.4) is 0 Å². The summed E-state index contributed by atoms with van der Waals surface area (Å²) in [6.45, 7) is 0. The maximum Gasteiger partial charge on any atom is 0.0706 e. The van der Waals surface area contributed by atoms with Crippen LogP contribution in [-0.4, -0.2) is 4.98 Å². The Morgan fingerprint density at radius 2 is 2.07 bits per heavy atom. The molecule has 0 bridgehead atoms. The summed E-state index contributed by atoms with van der Waals surface area (Å²) < 4.78 is 1.13. The quantitative estimate of drug-likeness (QED) is 0.695. The molecule has 1 aromatic carbocycles. The number of nitrogens with zero attached hydrogens (tertiary/aromatic N) is 1. The van der Waals surface area contributed by atoms with Crippen LogP contribution >= 0.6 is 15.9 Å². The summed E-state index contributed by atoms with van der Waals surface area (Å²) >= 11 is 3.49. The van der Waals surface area contributed by atoms with Gasteiger partial charge >= 0.3 is 0 Å². The van der Waals surface area contributed by atoms with Crippen LogP contribution in [0, 0.1) is 0 Å². The molecular weight excluding hydrogens is 238 g/mol. The summed E-state index contributed by atoms with van der Waals surface area (Å²) in [6, 6.07) is 8.56. The van der Waals surface area contributed by atoms with Gasteiger partial charge in [-0.25, -0.2) is 0 Å². The number of halogens is 1. The summed E-state index contributed by atoms with van der Waals surface area (Å²) in [4.78, 5) is 4.68. The molecule has 1 aliphatic carbocycles. The summed E-state index contributed by atoms with van der Waals surface area (Å²) in [5.74, 6) is 0. The SMILES string of the molecule is Brc1ccc2nc3c(cc2c1)CCC3. The van der Waals surface area contributed by atoms with E-state index in [2.05, 4.69) is 45.2 Å². The van der Waals surface area contributed by atoms with Crippen LogP contribution in [0.1, 0.15) is 17.7 Å². The Labute approximate surface area is 91.3 Å². The van der Waals surface area contributed by atoms with Crippen molar-refractivity contribution in [2.45, 2.75) is 19.3 Å². The number of benzene rings is 1. The Morgan fingerprint density at radius 3 is 3.00 bits per heavy atom. The topological polar surface area (TPSA) is 12.9 Å². The predicted molar refractivity (Wildman–Crippen MR) is 61.5 cm³/mol. The van der Waals surface area contributed by atoms with E-state index in [9.17, 15) is 0 Å². The summed E-state index contributed by atoms with van der Waals surface area (Å²) in [7, 11) is 0. The summed E-state index contributed by atoms with van der Waals surface area (Å²) in [5, 5.41) is 1.25. The normalized spacial score (nSPS) is 14.6. The third-order valence-corrected chi connectivity index (χ3v) is 3.30. The van der Waals surface area contributed by atoms with Gasteiger partial charge in [-0.3, -0.25) is 4.98 Å². The molecular formula is C12H10BrN. The third-order valence-electron chi connectivity index (χ3n) is 2.81. The fourth-order valence-corrected chi connectivity index (χ4v) is 2.49. The van der Waals surface area contributed by atoms with Crippen molar-refractivity contribution in [2.24, 2.45) is 0 Å². The van der Waals surface area contributed by atoms with Crippen LogP contribution in [0.2, 0.25) is 0 Å². The van der Waals surface area contributed by atoms with Crippen molar-refractivity contribution < 1.29 is 0 Å². The highest BCUT2D eigenvalue weighted by atomic mass is 79.9. The Morgan fingerprint density at radius 1 is 1.14 bits per heavy atom. The first kappa shape index (κ1) is 8.42. The molecule has 0 radical (unpaired) electrons. The average Bonchev–Trinajstić information content (AvgIpc) is 2.61. The van der Waals surface area contributed by atoms with Crippen LogP contribution in [0.15, 0.2) is 28.7 Å². The van der Waals surface area contributed by atoms with E-state index in [1.54, 1.807) is 0 Å². The van der Waals surface area contributed by atoms with Crippen LogP contribution in [0.25, 0.3) is 10.9 Å². The number of rotatable bonds is 0. The number of aryl methyl sites for hydroxylation is 2. The zero-order chi connectivity index (χ0) is 9.54. The fraction of sp³-hybridized carbons (Fsp3) is 0.250. The molecule has 1 heterocycles. The molecule has 0 aliphatic heterocycles. The van der Waals surface area contributed by atoms with Crippen molar-refractivity contribution in [3.63, 3.8) is 0 Å². The molecule has 1 aliphatic rings. The minimum absolute atomic E-state index is 1.12. The molecule has 3 rings (SSSR count). The van der Waals surface area contributed by atoms with Gasteiger partial charge in [0.25, 0.3) is 0 Å². The second-order valence-corrected chi connectivity index (χ2v) is 4.70. The van der Waals surface area contributed by atoms with Gasteiger partial charge in [0.2, 0.25) is 0 Å². The van der Waals surface area contributed by atoms with Gasteiger partial charge < -0.3 is 0 Å². The van der Waals surface area contributed by atoms with E-state index in [0.29, 0.717) is 0 Å². The molecule has 2 heteroatoms. The largest absolute Gasteiger partial charge is 0.253 e. The minimum Gasteiger partial charge on any atom is -0.253 e. The van der Waals surface area contributed by atoms with E-state index in [4.69, 9.17) is 0 Å². The molecule has 70 valence electrons. The van der Waals surface area contributed by atoms with E-state index in [1.165, 1.54) is 29.5 Å². The number of hydrogen-bond acceptors (Lipinski definition) is 1. The standard InChI is InChI=1S/C12H10BrN/c13-10-4-5-12-9(7-10)6-8-2-1-3-11(8)14-12/h4-7H,1-3H2. The van der Waals surface area contributed by atoms with Crippen molar-refractivity contribution in [1.82, 2.24) is 4.98 Å². The Bertz CT molecular complexity index is 505. The monoisotopic (exact) mass is 247 g/mol. The highest BCUT2D eigenvalue weighted by Crippen LogP contribution is 2.26. The lowest BCUT2D eigenvalue weighted by atomic mass is 10.1. The number of aromatic nitrogens is 1. The average molecular weight is 248 g/mol. The lowest BCUT2D eigenvalue weighted by Crippen LogP contribution is -1.89. The molecule has 0 N–H and O–H groups in total. The van der Waals surface area contributed by atoms with E-state index in [-0.39, 0.29) is 0 Å². The van der Waals surface area contributed by atoms with Gasteiger partial charge in [-0.1, -0.05) is 15.9 Å². The van der Waals surface area contributed by atoms with Gasteiger partial charge in [-0.2, -0.15) is 0 Å². The van der Waals surface area contributed by atoms with Crippen LogP contribution in [0.5, 0.6) is 0 Å². The third kappa shape index (κ3) is 1.25. The number of hydrogen-bond donors (Lipinski definition) is 0. The second-order valence-electron chi connectivity index (χ2n) is 3.78. The molecule has 14 heavy (non-hydrogen) atoms. The van der Waals surface area contributed by atoms with Crippen molar-refractivity contribution in [2.75, 3.05) is 0 Å². The first-order chi connectivity index (χ1) is 6.83. The van der Waals surface area contributed by atoms with E-state index in [1.807, 2.05) is 0 Å². The Balaban J connectivity index is 2.33. The molecule has 0 amide bonds. The molecule has 0 unspecified atom stereocenters. The summed E-state index contributed by atoms with van der Waals surface area (Å²) in [6.07, 6.45) is 3.62. The Kier molecular flexibility index (Phi) is 1.84. The van der Waals surface area contributed by atoms with Crippen molar-refractivity contribution in [1.29, 1.82) is 0 Å². The first-order valence-corrected chi connectivity index (χ1v) is 5.70. The van der Waals surface area contributed by atoms with Crippen molar-refractivity contribution in [3.8, 4) is 0 Å². The van der Waals surface area contributed by atoms with Crippen LogP contribution in [0.4, 0.5) is 0 Å². The zero-order valence-corrected chi connectivity index (χ0v) is 9.34. The Hall–Kier alpha value is -0.890. The molecule has 0 saturated carbocycles. The fourth-order valence-electron chi connectivity index (χ4n) is 2.11. The van der Waals surface area contributed by atoms with Gasteiger partial charge in [-0.15, -0.1) is 0 Å². The maximum atomic E-state index is 4.68. The lowest BCUT2D eigenvalue weighted by Gasteiger charge is -2.02. The molecule has 0 saturated heterocycles. The van der Waals surface area contributed by atoms with Gasteiger partial charge in [-0.05, 0) is 49.1 Å². The molecule has 0 spiro atoms. The zero-order valence-electron chi connectivity index (χ0n) is 7.76. The van der Waals surface area contributed by atoms with Crippen LogP contribution < -0.4 is 0 Å². The van der Waals surface area contributed by atoms with E-state index < -0.39 is 0 Å². The van der Waals surface area contributed by atoms with Crippen molar-refractivity contribution in [3.05, 3.63) is 40.0 Å². The number of fused-ring (bicyclic) bond motifs is 2. The highest BCUT2D eigenvalue weighted by molar-refractivity contribution is 9.10. The van der Waals surface area contributed by atoms with Gasteiger partial charge in [0.05, 0.1) is 5.52 Å². The van der Waals surface area contributed by atoms with Crippen molar-refractivity contribution >= 4 is 26.8 Å². The molecule has 2 aromatic rings. The minimum atomic E-state index is 1.12. The van der Waals surface area contributed by atoms with E-state index >= 15 is 0 Å². The van der Waals surface area contributed by atoms with Gasteiger partial charge in [0.15, 0.2) is 0 Å². The second kappa shape index (κ2) is 3.06. The van der Waals surface area contributed by atoms with Crippen LogP contribution in [-0.2, 0) is 12.8 Å². The smallest absolute Gasteiger partial charge is 0.0706 e. The molecule has 1 aromatic heterocycles. The molecule has 1 nitrogen and oxygen atoms in total. The van der Waals surface area contributed by atoms with Gasteiger partial charge in [0.1, 0.15) is 0 Å². The predicted octanol–water partition coefficient (Wildman–Crippen LogP) is 3.49. The molecule has 0 fully saturated rings. The van der Waals surface area contributed by atoms with Gasteiger partial charge in [0, 0.05) is 15.6 Å². The van der Waals surface area contributed by atoms with E-state index in [0.717, 1.165) is 16.4 Å². The number of pyridine rings is 1.